The highest BCUT2D eigenvalue weighted by Crippen LogP contribution is 2.25. The van der Waals surface area contributed by atoms with E-state index in [0.29, 0.717) is 0 Å². The van der Waals surface area contributed by atoms with Gasteiger partial charge in [-0.2, -0.15) is 10.5 Å². The standard InChI is InChI=1S/C13H12N2/c1-10(11(2)13(8-14)9-15)12-6-4-3-5-7-12/h3-7,10H,1-2H3. The van der Waals surface area contributed by atoms with Crippen LogP contribution in [0.15, 0.2) is 41.5 Å². The van der Waals surface area contributed by atoms with Crippen molar-refractivity contribution >= 4 is 0 Å². The number of hydrogen-bond donors (Lipinski definition) is 0. The Hall–Kier alpha value is -2.06. The van der Waals surface area contributed by atoms with Crippen molar-refractivity contribution in [1.82, 2.24) is 0 Å². The maximum Gasteiger partial charge on any atom is 0.129 e. The molecule has 74 valence electrons. The molecule has 0 spiro atoms. The molecule has 1 aromatic carbocycles. The van der Waals surface area contributed by atoms with Crippen LogP contribution >= 0.6 is 0 Å². The summed E-state index contributed by atoms with van der Waals surface area (Å²) in [6.45, 7) is 3.83. The topological polar surface area (TPSA) is 47.6 Å². The van der Waals surface area contributed by atoms with Gasteiger partial charge in [0.15, 0.2) is 0 Å². The molecular weight excluding hydrogens is 184 g/mol. The maximum absolute atomic E-state index is 8.76. The van der Waals surface area contributed by atoms with Crippen LogP contribution in [0.2, 0.25) is 0 Å². The predicted octanol–water partition coefficient (Wildman–Crippen LogP) is 3.15. The average molecular weight is 196 g/mol. The van der Waals surface area contributed by atoms with Gasteiger partial charge >= 0.3 is 0 Å². The molecule has 0 aliphatic rings. The van der Waals surface area contributed by atoms with Gasteiger partial charge in [-0.25, -0.2) is 0 Å². The average Bonchev–Trinajstić information content (AvgIpc) is 2.30. The van der Waals surface area contributed by atoms with E-state index in [1.807, 2.05) is 56.3 Å². The zero-order chi connectivity index (χ0) is 11.3. The number of hydrogen-bond acceptors (Lipinski definition) is 2. The summed E-state index contributed by atoms with van der Waals surface area (Å²) in [5.41, 5.74) is 2.16. The van der Waals surface area contributed by atoms with Gasteiger partial charge in [0.1, 0.15) is 17.7 Å². The first-order valence-corrected chi connectivity index (χ1v) is 4.76. The first kappa shape index (κ1) is 11.0. The lowest BCUT2D eigenvalue weighted by Gasteiger charge is -2.12. The fraction of sp³-hybridized carbons (Fsp3) is 0.231. The molecule has 0 N–H and O–H groups in total. The fourth-order valence-electron chi connectivity index (χ4n) is 1.41. The normalized spacial score (nSPS) is 10.9. The van der Waals surface area contributed by atoms with Gasteiger partial charge in [-0.05, 0) is 18.1 Å². The molecule has 2 heteroatoms. The van der Waals surface area contributed by atoms with Crippen molar-refractivity contribution in [3.8, 4) is 12.1 Å². The molecule has 15 heavy (non-hydrogen) atoms. The first-order chi connectivity index (χ1) is 7.20. The molecule has 1 unspecified atom stereocenters. The minimum absolute atomic E-state index is 0.112. The van der Waals surface area contributed by atoms with E-state index in [1.54, 1.807) is 0 Å². The molecule has 0 aromatic heterocycles. The van der Waals surface area contributed by atoms with E-state index in [9.17, 15) is 0 Å². The highest BCUT2D eigenvalue weighted by Gasteiger charge is 2.11. The van der Waals surface area contributed by atoms with E-state index in [0.717, 1.165) is 11.1 Å². The quantitative estimate of drug-likeness (QED) is 0.682. The molecule has 0 saturated heterocycles. The van der Waals surface area contributed by atoms with Crippen LogP contribution in [0, 0.1) is 22.7 Å². The van der Waals surface area contributed by atoms with Crippen LogP contribution in [-0.2, 0) is 0 Å². The second kappa shape index (κ2) is 4.98. The van der Waals surface area contributed by atoms with Crippen molar-refractivity contribution in [1.29, 1.82) is 10.5 Å². The van der Waals surface area contributed by atoms with Crippen molar-refractivity contribution in [2.75, 3.05) is 0 Å². The molecule has 1 aromatic rings. The van der Waals surface area contributed by atoms with Crippen molar-refractivity contribution < 1.29 is 0 Å². The minimum Gasteiger partial charge on any atom is -0.192 e. The Bertz CT molecular complexity index is 428. The molecule has 0 aliphatic heterocycles. The Morgan fingerprint density at radius 2 is 1.67 bits per heavy atom. The zero-order valence-electron chi connectivity index (χ0n) is 8.86. The molecule has 0 amide bonds. The van der Waals surface area contributed by atoms with E-state index in [4.69, 9.17) is 10.5 Å². The van der Waals surface area contributed by atoms with Crippen LogP contribution in [0.4, 0.5) is 0 Å². The zero-order valence-corrected chi connectivity index (χ0v) is 8.86. The molecule has 0 bridgehead atoms. The minimum atomic E-state index is 0.112. The van der Waals surface area contributed by atoms with Crippen LogP contribution in [0.25, 0.3) is 0 Å². The van der Waals surface area contributed by atoms with Crippen LogP contribution < -0.4 is 0 Å². The summed E-state index contributed by atoms with van der Waals surface area (Å²) in [7, 11) is 0. The summed E-state index contributed by atoms with van der Waals surface area (Å²) in [5, 5.41) is 17.5. The summed E-state index contributed by atoms with van der Waals surface area (Å²) in [5.74, 6) is 0.112. The summed E-state index contributed by atoms with van der Waals surface area (Å²) < 4.78 is 0. The molecule has 1 rings (SSSR count). The Morgan fingerprint density at radius 1 is 1.13 bits per heavy atom. The Morgan fingerprint density at radius 3 is 2.13 bits per heavy atom. The van der Waals surface area contributed by atoms with Gasteiger partial charge in [-0.1, -0.05) is 37.3 Å². The highest BCUT2D eigenvalue weighted by molar-refractivity contribution is 5.43. The van der Waals surface area contributed by atoms with Gasteiger partial charge in [0.2, 0.25) is 0 Å². The molecule has 2 nitrogen and oxygen atoms in total. The fourth-order valence-corrected chi connectivity index (χ4v) is 1.41. The predicted molar refractivity (Wildman–Crippen MR) is 58.8 cm³/mol. The van der Waals surface area contributed by atoms with Crippen LogP contribution in [-0.4, -0.2) is 0 Å². The summed E-state index contributed by atoms with van der Waals surface area (Å²) in [6, 6.07) is 13.7. The van der Waals surface area contributed by atoms with Gasteiger partial charge in [0.25, 0.3) is 0 Å². The molecule has 0 radical (unpaired) electrons. The SMILES string of the molecule is CC(=C(C#N)C#N)C(C)c1ccccc1. The van der Waals surface area contributed by atoms with Gasteiger partial charge < -0.3 is 0 Å². The van der Waals surface area contributed by atoms with Gasteiger partial charge in [0, 0.05) is 5.92 Å². The molecule has 0 saturated carbocycles. The van der Waals surface area contributed by atoms with E-state index >= 15 is 0 Å². The number of rotatable bonds is 2. The van der Waals surface area contributed by atoms with Crippen LogP contribution in [0.3, 0.4) is 0 Å². The highest BCUT2D eigenvalue weighted by atomic mass is 14.3. The molecule has 0 heterocycles. The second-order valence-corrected chi connectivity index (χ2v) is 3.41. The monoisotopic (exact) mass is 196 g/mol. The smallest absolute Gasteiger partial charge is 0.129 e. The van der Waals surface area contributed by atoms with Crippen molar-refractivity contribution in [2.45, 2.75) is 19.8 Å². The molecular formula is C13H12N2. The Kier molecular flexibility index (Phi) is 3.66. The Labute approximate surface area is 90.1 Å². The van der Waals surface area contributed by atoms with Crippen LogP contribution in [0.1, 0.15) is 25.3 Å². The summed E-state index contributed by atoms with van der Waals surface area (Å²) >= 11 is 0. The van der Waals surface area contributed by atoms with Crippen LogP contribution in [0.5, 0.6) is 0 Å². The third-order valence-corrected chi connectivity index (χ3v) is 2.57. The van der Waals surface area contributed by atoms with E-state index in [-0.39, 0.29) is 11.5 Å². The lowest BCUT2D eigenvalue weighted by atomic mass is 9.91. The number of benzene rings is 1. The largest absolute Gasteiger partial charge is 0.192 e. The van der Waals surface area contributed by atoms with Crippen molar-refractivity contribution in [2.24, 2.45) is 0 Å². The number of nitrogens with zero attached hydrogens (tertiary/aromatic N) is 2. The number of allylic oxidation sites excluding steroid dienone is 2. The van der Waals surface area contributed by atoms with Crippen molar-refractivity contribution in [3.63, 3.8) is 0 Å². The molecule has 0 aliphatic carbocycles. The summed E-state index contributed by atoms with van der Waals surface area (Å²) in [4.78, 5) is 0. The van der Waals surface area contributed by atoms with Gasteiger partial charge in [-0.15, -0.1) is 0 Å². The lowest BCUT2D eigenvalue weighted by molar-refractivity contribution is 0.888. The third-order valence-electron chi connectivity index (χ3n) is 2.57. The maximum atomic E-state index is 8.76. The lowest BCUT2D eigenvalue weighted by Crippen LogP contribution is -1.97. The van der Waals surface area contributed by atoms with Gasteiger partial charge in [0.05, 0.1) is 0 Å². The molecule has 0 fully saturated rings. The number of nitriles is 2. The van der Waals surface area contributed by atoms with Crippen molar-refractivity contribution in [3.05, 3.63) is 47.0 Å². The second-order valence-electron chi connectivity index (χ2n) is 3.41. The first-order valence-electron chi connectivity index (χ1n) is 4.76. The summed E-state index contributed by atoms with van der Waals surface area (Å²) in [6.07, 6.45) is 0. The third kappa shape index (κ3) is 2.45. The molecule has 1 atom stereocenters. The van der Waals surface area contributed by atoms with E-state index in [2.05, 4.69) is 0 Å². The van der Waals surface area contributed by atoms with E-state index in [1.165, 1.54) is 0 Å². The van der Waals surface area contributed by atoms with E-state index < -0.39 is 0 Å². The van der Waals surface area contributed by atoms with Gasteiger partial charge in [-0.3, -0.25) is 0 Å². The Balaban J connectivity index is 3.08.